The Morgan fingerprint density at radius 3 is 2.68 bits per heavy atom. The summed E-state index contributed by atoms with van der Waals surface area (Å²) in [6, 6.07) is 17.2. The Morgan fingerprint density at radius 2 is 1.84 bits per heavy atom. The molecule has 3 aromatic rings. The third-order valence-electron chi connectivity index (χ3n) is 4.54. The van der Waals surface area contributed by atoms with Gasteiger partial charge in [0.1, 0.15) is 6.04 Å². The molecule has 2 heterocycles. The highest BCUT2D eigenvalue weighted by Gasteiger charge is 2.28. The Bertz CT molecular complexity index is 890. The number of carbonyl (C=O) groups is 1. The maximum Gasteiger partial charge on any atom is 0.253 e. The van der Waals surface area contributed by atoms with E-state index < -0.39 is 6.04 Å². The minimum atomic E-state index is -0.504. The smallest absolute Gasteiger partial charge is 0.253 e. The molecule has 0 fully saturated rings. The van der Waals surface area contributed by atoms with Crippen molar-refractivity contribution in [2.45, 2.75) is 25.8 Å². The second-order valence-electron chi connectivity index (χ2n) is 6.20. The first-order valence-corrected chi connectivity index (χ1v) is 8.48. The summed E-state index contributed by atoms with van der Waals surface area (Å²) in [6.07, 6.45) is 1.98. The lowest BCUT2D eigenvalue weighted by atomic mass is 10.0. The third-order valence-corrected chi connectivity index (χ3v) is 4.54. The van der Waals surface area contributed by atoms with Crippen LogP contribution in [0.15, 0.2) is 54.6 Å². The van der Waals surface area contributed by atoms with Crippen molar-refractivity contribution in [2.75, 3.05) is 11.4 Å². The molecule has 1 atom stereocenters. The van der Waals surface area contributed by atoms with E-state index in [-0.39, 0.29) is 5.91 Å². The van der Waals surface area contributed by atoms with Crippen molar-refractivity contribution in [3.63, 3.8) is 0 Å². The van der Waals surface area contributed by atoms with E-state index in [0.717, 1.165) is 30.6 Å². The summed E-state index contributed by atoms with van der Waals surface area (Å²) in [5.41, 5.74) is 3.09. The number of benzene rings is 2. The molecule has 126 valence electrons. The van der Waals surface area contributed by atoms with E-state index in [2.05, 4.69) is 21.5 Å². The Hall–Kier alpha value is -3.02. The second-order valence-corrected chi connectivity index (χ2v) is 6.20. The van der Waals surface area contributed by atoms with Crippen LogP contribution in [0.5, 0.6) is 0 Å². The number of carbonyl (C=O) groups excluding carboxylic acids is 1. The van der Waals surface area contributed by atoms with Gasteiger partial charge in [-0.2, -0.15) is 4.80 Å². The monoisotopic (exact) mass is 333 g/mol. The molecule has 4 rings (SSSR count). The molecule has 1 aromatic heterocycles. The van der Waals surface area contributed by atoms with Crippen LogP contribution in [0.3, 0.4) is 0 Å². The minimum absolute atomic E-state index is 0.0100. The topological polar surface area (TPSA) is 63.9 Å². The van der Waals surface area contributed by atoms with Crippen LogP contribution in [0.4, 0.5) is 5.69 Å². The Balaban J connectivity index is 1.59. The van der Waals surface area contributed by atoms with Crippen molar-refractivity contribution >= 4 is 11.6 Å². The Kier molecular flexibility index (Phi) is 4.01. The van der Waals surface area contributed by atoms with E-state index in [1.165, 1.54) is 10.4 Å². The summed E-state index contributed by atoms with van der Waals surface area (Å²) in [6.45, 7) is 2.54. The lowest BCUT2D eigenvalue weighted by molar-refractivity contribution is -0.122. The SMILES string of the molecule is CC(C(=O)N1CCCc2ccccc21)n1nnc(-c2ccccc2)n1. The number of anilines is 1. The van der Waals surface area contributed by atoms with Crippen LogP contribution in [0.1, 0.15) is 24.9 Å². The van der Waals surface area contributed by atoms with Gasteiger partial charge in [-0.25, -0.2) is 0 Å². The number of hydrogen-bond acceptors (Lipinski definition) is 4. The first-order valence-electron chi connectivity index (χ1n) is 8.48. The number of tetrazole rings is 1. The highest BCUT2D eigenvalue weighted by atomic mass is 16.2. The molecular formula is C19H19N5O. The molecule has 1 aliphatic heterocycles. The van der Waals surface area contributed by atoms with Gasteiger partial charge in [-0.3, -0.25) is 4.79 Å². The van der Waals surface area contributed by atoms with Crippen molar-refractivity contribution < 1.29 is 4.79 Å². The summed E-state index contributed by atoms with van der Waals surface area (Å²) < 4.78 is 0. The number of amides is 1. The van der Waals surface area contributed by atoms with Gasteiger partial charge in [0.2, 0.25) is 5.82 Å². The molecule has 0 saturated carbocycles. The summed E-state index contributed by atoms with van der Waals surface area (Å²) >= 11 is 0. The van der Waals surface area contributed by atoms with Crippen LogP contribution < -0.4 is 4.90 Å². The minimum Gasteiger partial charge on any atom is -0.310 e. The highest BCUT2D eigenvalue weighted by Crippen LogP contribution is 2.28. The van der Waals surface area contributed by atoms with E-state index in [9.17, 15) is 4.79 Å². The van der Waals surface area contributed by atoms with Gasteiger partial charge in [-0.05, 0) is 36.6 Å². The second kappa shape index (κ2) is 6.47. The molecule has 0 N–H and O–H groups in total. The normalized spacial score (nSPS) is 14.8. The number of hydrogen-bond donors (Lipinski definition) is 0. The lowest BCUT2D eigenvalue weighted by Crippen LogP contribution is -2.40. The third kappa shape index (κ3) is 2.91. The van der Waals surface area contributed by atoms with E-state index >= 15 is 0 Å². The van der Waals surface area contributed by atoms with E-state index in [0.29, 0.717) is 5.82 Å². The van der Waals surface area contributed by atoms with Crippen molar-refractivity contribution in [1.82, 2.24) is 20.2 Å². The zero-order chi connectivity index (χ0) is 17.2. The number of aromatic nitrogens is 4. The molecule has 0 aliphatic carbocycles. The number of fused-ring (bicyclic) bond motifs is 1. The van der Waals surface area contributed by atoms with E-state index in [4.69, 9.17) is 0 Å². The molecule has 0 saturated heterocycles. The molecule has 0 spiro atoms. The predicted molar refractivity (Wildman–Crippen MR) is 95.1 cm³/mol. The number of rotatable bonds is 3. The van der Waals surface area contributed by atoms with Gasteiger partial charge in [0.05, 0.1) is 0 Å². The summed E-state index contributed by atoms with van der Waals surface area (Å²) in [5.74, 6) is 0.517. The van der Waals surface area contributed by atoms with Crippen LogP contribution in [0.25, 0.3) is 11.4 Å². The predicted octanol–water partition coefficient (Wildman–Crippen LogP) is 2.88. The molecule has 0 bridgehead atoms. The molecular weight excluding hydrogens is 314 g/mol. The largest absolute Gasteiger partial charge is 0.310 e. The zero-order valence-corrected chi connectivity index (χ0v) is 14.0. The molecule has 1 amide bonds. The van der Waals surface area contributed by atoms with Crippen molar-refractivity contribution in [3.8, 4) is 11.4 Å². The maximum absolute atomic E-state index is 13.0. The lowest BCUT2D eigenvalue weighted by Gasteiger charge is -2.31. The average molecular weight is 333 g/mol. The van der Waals surface area contributed by atoms with Crippen molar-refractivity contribution in [1.29, 1.82) is 0 Å². The van der Waals surface area contributed by atoms with Crippen molar-refractivity contribution in [2.24, 2.45) is 0 Å². The first-order chi connectivity index (χ1) is 12.2. The highest BCUT2D eigenvalue weighted by molar-refractivity contribution is 5.96. The fourth-order valence-corrected chi connectivity index (χ4v) is 3.18. The molecule has 6 heteroatoms. The molecule has 6 nitrogen and oxygen atoms in total. The van der Waals surface area contributed by atoms with Crippen LogP contribution in [0, 0.1) is 0 Å². The van der Waals surface area contributed by atoms with Crippen LogP contribution >= 0.6 is 0 Å². The number of nitrogens with zero attached hydrogens (tertiary/aromatic N) is 5. The van der Waals surface area contributed by atoms with Gasteiger partial charge in [0, 0.05) is 17.8 Å². The quantitative estimate of drug-likeness (QED) is 0.739. The summed E-state index contributed by atoms with van der Waals surface area (Å²) in [4.78, 5) is 16.3. The number of aryl methyl sites for hydroxylation is 1. The fraction of sp³-hybridized carbons (Fsp3) is 0.263. The molecule has 2 aromatic carbocycles. The van der Waals surface area contributed by atoms with E-state index in [1.807, 2.05) is 60.4 Å². The van der Waals surface area contributed by atoms with Gasteiger partial charge in [-0.15, -0.1) is 10.2 Å². The first kappa shape index (κ1) is 15.5. The summed E-state index contributed by atoms with van der Waals surface area (Å²) in [5, 5.41) is 12.6. The molecule has 25 heavy (non-hydrogen) atoms. The standard InChI is InChI=1S/C19H19N5O/c1-14(24-21-18(20-22-24)16-9-3-2-4-10-16)19(25)23-13-7-11-15-8-5-6-12-17(15)23/h2-6,8-10,12,14H,7,11,13H2,1H3. The van der Waals surface area contributed by atoms with Gasteiger partial charge in [0.15, 0.2) is 0 Å². The number of para-hydroxylation sites is 1. The van der Waals surface area contributed by atoms with Crippen LogP contribution in [-0.4, -0.2) is 32.7 Å². The van der Waals surface area contributed by atoms with Crippen LogP contribution in [-0.2, 0) is 11.2 Å². The van der Waals surface area contributed by atoms with Crippen molar-refractivity contribution in [3.05, 3.63) is 60.2 Å². The molecule has 1 unspecified atom stereocenters. The van der Waals surface area contributed by atoms with Gasteiger partial charge in [-0.1, -0.05) is 48.5 Å². The Morgan fingerprint density at radius 1 is 1.08 bits per heavy atom. The van der Waals surface area contributed by atoms with Gasteiger partial charge in [0.25, 0.3) is 5.91 Å². The zero-order valence-electron chi connectivity index (χ0n) is 14.0. The van der Waals surface area contributed by atoms with E-state index in [1.54, 1.807) is 0 Å². The maximum atomic E-state index is 13.0. The van der Waals surface area contributed by atoms with Gasteiger partial charge < -0.3 is 4.90 Å². The fourth-order valence-electron chi connectivity index (χ4n) is 3.18. The van der Waals surface area contributed by atoms with Crippen LogP contribution in [0.2, 0.25) is 0 Å². The average Bonchev–Trinajstić information content (AvgIpc) is 3.17. The Labute approximate surface area is 146 Å². The summed E-state index contributed by atoms with van der Waals surface area (Å²) in [7, 11) is 0. The van der Waals surface area contributed by atoms with Gasteiger partial charge >= 0.3 is 0 Å². The molecule has 0 radical (unpaired) electrons. The molecule has 1 aliphatic rings.